The SMILES string of the molecule is Cc1nccn1Cc1ccc(NC(=O)c2cccc(S(=O)(=O)N3CCCCC3)c2)cc1. The Hall–Kier alpha value is -2.97. The van der Waals surface area contributed by atoms with E-state index in [1.807, 2.05) is 42.0 Å². The van der Waals surface area contributed by atoms with E-state index in [-0.39, 0.29) is 10.8 Å². The van der Waals surface area contributed by atoms with Crippen molar-refractivity contribution in [2.24, 2.45) is 0 Å². The quantitative estimate of drug-likeness (QED) is 0.636. The molecule has 3 aromatic rings. The molecule has 1 aliphatic heterocycles. The smallest absolute Gasteiger partial charge is 0.255 e. The molecule has 0 spiro atoms. The van der Waals surface area contributed by atoms with E-state index in [2.05, 4.69) is 10.3 Å². The molecule has 1 saturated heterocycles. The van der Waals surface area contributed by atoms with E-state index in [4.69, 9.17) is 0 Å². The highest BCUT2D eigenvalue weighted by Crippen LogP contribution is 2.22. The van der Waals surface area contributed by atoms with Gasteiger partial charge in [0.15, 0.2) is 0 Å². The minimum Gasteiger partial charge on any atom is -0.331 e. The number of aryl methyl sites for hydroxylation is 1. The largest absolute Gasteiger partial charge is 0.331 e. The molecule has 1 aliphatic rings. The van der Waals surface area contributed by atoms with Gasteiger partial charge in [0, 0.05) is 43.3 Å². The van der Waals surface area contributed by atoms with Crippen LogP contribution < -0.4 is 5.32 Å². The summed E-state index contributed by atoms with van der Waals surface area (Å²) in [6.07, 6.45) is 6.49. The molecule has 8 heteroatoms. The first-order valence-electron chi connectivity index (χ1n) is 10.4. The van der Waals surface area contributed by atoms with Crippen LogP contribution in [0.3, 0.4) is 0 Å². The molecule has 1 fully saturated rings. The zero-order valence-electron chi connectivity index (χ0n) is 17.5. The van der Waals surface area contributed by atoms with Gasteiger partial charge in [0.1, 0.15) is 5.82 Å². The van der Waals surface area contributed by atoms with Gasteiger partial charge in [0.2, 0.25) is 10.0 Å². The van der Waals surface area contributed by atoms with Crippen molar-refractivity contribution in [2.75, 3.05) is 18.4 Å². The van der Waals surface area contributed by atoms with Crippen LogP contribution in [0.25, 0.3) is 0 Å². The van der Waals surface area contributed by atoms with Gasteiger partial charge in [-0.1, -0.05) is 24.6 Å². The molecular formula is C23H26N4O3S. The summed E-state index contributed by atoms with van der Waals surface area (Å²) in [6.45, 7) is 3.72. The lowest BCUT2D eigenvalue weighted by atomic mass is 10.2. The molecule has 1 N–H and O–H groups in total. The number of imidazole rings is 1. The van der Waals surface area contributed by atoms with E-state index in [1.165, 1.54) is 10.4 Å². The predicted molar refractivity (Wildman–Crippen MR) is 120 cm³/mol. The van der Waals surface area contributed by atoms with Crippen LogP contribution in [0.15, 0.2) is 65.8 Å². The monoisotopic (exact) mass is 438 g/mol. The summed E-state index contributed by atoms with van der Waals surface area (Å²) >= 11 is 0. The minimum atomic E-state index is -3.58. The average molecular weight is 439 g/mol. The predicted octanol–water partition coefficient (Wildman–Crippen LogP) is 3.67. The summed E-state index contributed by atoms with van der Waals surface area (Å²) in [6, 6.07) is 13.8. The lowest BCUT2D eigenvalue weighted by Gasteiger charge is -2.26. The van der Waals surface area contributed by atoms with Crippen LogP contribution in [0.4, 0.5) is 5.69 Å². The van der Waals surface area contributed by atoms with Gasteiger partial charge in [0.05, 0.1) is 4.90 Å². The Labute approximate surface area is 182 Å². The Morgan fingerprint density at radius 1 is 1.06 bits per heavy atom. The maximum absolute atomic E-state index is 12.9. The number of aromatic nitrogens is 2. The van der Waals surface area contributed by atoms with Gasteiger partial charge in [-0.05, 0) is 55.7 Å². The van der Waals surface area contributed by atoms with Crippen molar-refractivity contribution < 1.29 is 13.2 Å². The number of piperidine rings is 1. The third-order valence-corrected chi connectivity index (χ3v) is 7.43. The first kappa shape index (κ1) is 21.3. The molecule has 1 aromatic heterocycles. The van der Waals surface area contributed by atoms with Gasteiger partial charge in [-0.2, -0.15) is 4.31 Å². The Balaban J connectivity index is 1.45. The lowest BCUT2D eigenvalue weighted by Crippen LogP contribution is -2.35. The van der Waals surface area contributed by atoms with Gasteiger partial charge < -0.3 is 9.88 Å². The number of sulfonamides is 1. The summed E-state index contributed by atoms with van der Waals surface area (Å²) in [4.78, 5) is 17.1. The number of hydrogen-bond donors (Lipinski definition) is 1. The van der Waals surface area contributed by atoms with Crippen molar-refractivity contribution in [3.05, 3.63) is 77.9 Å². The first-order valence-corrected chi connectivity index (χ1v) is 11.9. The highest BCUT2D eigenvalue weighted by atomic mass is 32.2. The number of hydrogen-bond acceptors (Lipinski definition) is 4. The topological polar surface area (TPSA) is 84.3 Å². The van der Waals surface area contributed by atoms with Crippen molar-refractivity contribution in [1.82, 2.24) is 13.9 Å². The van der Waals surface area contributed by atoms with Crippen LogP contribution >= 0.6 is 0 Å². The zero-order chi connectivity index (χ0) is 21.8. The van der Waals surface area contributed by atoms with Crippen LogP contribution in [0.1, 0.15) is 41.0 Å². The standard InChI is InChI=1S/C23H26N4O3S/c1-18-24-12-15-26(18)17-19-8-10-21(11-9-19)25-23(28)20-6-5-7-22(16-20)31(29,30)27-13-3-2-4-14-27/h5-12,15-16H,2-4,13-14,17H2,1H3,(H,25,28). The second-order valence-electron chi connectivity index (χ2n) is 7.75. The number of nitrogens with one attached hydrogen (secondary N) is 1. The highest BCUT2D eigenvalue weighted by molar-refractivity contribution is 7.89. The normalized spacial score (nSPS) is 15.0. The van der Waals surface area contributed by atoms with Gasteiger partial charge in [0.25, 0.3) is 5.91 Å². The molecule has 0 aliphatic carbocycles. The van der Waals surface area contributed by atoms with Crippen molar-refractivity contribution in [2.45, 2.75) is 37.6 Å². The molecule has 2 heterocycles. The maximum atomic E-state index is 12.9. The molecule has 0 atom stereocenters. The fourth-order valence-electron chi connectivity index (χ4n) is 3.72. The number of amides is 1. The Kier molecular flexibility index (Phi) is 6.20. The number of anilines is 1. The van der Waals surface area contributed by atoms with Crippen molar-refractivity contribution in [3.8, 4) is 0 Å². The fourth-order valence-corrected chi connectivity index (χ4v) is 5.28. The number of carbonyl (C=O) groups excluding carboxylic acids is 1. The van der Waals surface area contributed by atoms with E-state index in [0.29, 0.717) is 30.9 Å². The number of rotatable bonds is 6. The van der Waals surface area contributed by atoms with E-state index in [0.717, 1.165) is 30.7 Å². The van der Waals surface area contributed by atoms with Gasteiger partial charge in [-0.25, -0.2) is 13.4 Å². The summed E-state index contributed by atoms with van der Waals surface area (Å²) in [7, 11) is -3.58. The molecule has 0 radical (unpaired) electrons. The van der Waals surface area contributed by atoms with E-state index >= 15 is 0 Å². The third-order valence-electron chi connectivity index (χ3n) is 5.54. The molecule has 7 nitrogen and oxygen atoms in total. The van der Waals surface area contributed by atoms with Gasteiger partial charge in [-0.3, -0.25) is 4.79 Å². The van der Waals surface area contributed by atoms with Crippen molar-refractivity contribution >= 4 is 21.6 Å². The molecular weight excluding hydrogens is 412 g/mol. The molecule has 162 valence electrons. The number of carbonyl (C=O) groups is 1. The minimum absolute atomic E-state index is 0.160. The van der Waals surface area contributed by atoms with Crippen LogP contribution in [0.2, 0.25) is 0 Å². The molecule has 0 bridgehead atoms. The van der Waals surface area contributed by atoms with E-state index in [1.54, 1.807) is 24.4 Å². The highest BCUT2D eigenvalue weighted by Gasteiger charge is 2.26. The Bertz CT molecular complexity index is 1160. The summed E-state index contributed by atoms with van der Waals surface area (Å²) < 4.78 is 29.4. The number of nitrogens with zero attached hydrogens (tertiary/aromatic N) is 3. The molecule has 0 saturated carbocycles. The number of benzene rings is 2. The van der Waals surface area contributed by atoms with Gasteiger partial charge >= 0.3 is 0 Å². The third kappa shape index (κ3) is 4.86. The molecule has 2 aromatic carbocycles. The first-order chi connectivity index (χ1) is 14.9. The fraction of sp³-hybridized carbons (Fsp3) is 0.304. The molecule has 4 rings (SSSR count). The molecule has 0 unspecified atom stereocenters. The lowest BCUT2D eigenvalue weighted by molar-refractivity contribution is 0.102. The van der Waals surface area contributed by atoms with E-state index < -0.39 is 10.0 Å². The van der Waals surface area contributed by atoms with E-state index in [9.17, 15) is 13.2 Å². The Morgan fingerprint density at radius 2 is 1.81 bits per heavy atom. The summed E-state index contributed by atoms with van der Waals surface area (Å²) in [5, 5.41) is 2.85. The van der Waals surface area contributed by atoms with Crippen molar-refractivity contribution in [1.29, 1.82) is 0 Å². The van der Waals surface area contributed by atoms with Crippen LogP contribution in [-0.2, 0) is 16.6 Å². The Morgan fingerprint density at radius 3 is 2.48 bits per heavy atom. The van der Waals surface area contributed by atoms with Crippen LogP contribution in [0, 0.1) is 6.92 Å². The maximum Gasteiger partial charge on any atom is 0.255 e. The second kappa shape index (κ2) is 9.03. The summed E-state index contributed by atoms with van der Waals surface area (Å²) in [5.41, 5.74) is 2.06. The average Bonchev–Trinajstić information content (AvgIpc) is 3.20. The molecule has 31 heavy (non-hydrogen) atoms. The summed E-state index contributed by atoms with van der Waals surface area (Å²) in [5.74, 6) is 0.602. The zero-order valence-corrected chi connectivity index (χ0v) is 18.3. The van der Waals surface area contributed by atoms with Crippen LogP contribution in [-0.4, -0.2) is 41.3 Å². The van der Waals surface area contributed by atoms with Gasteiger partial charge in [-0.15, -0.1) is 0 Å². The van der Waals surface area contributed by atoms with Crippen LogP contribution in [0.5, 0.6) is 0 Å². The second-order valence-corrected chi connectivity index (χ2v) is 9.68. The van der Waals surface area contributed by atoms with Crippen molar-refractivity contribution in [3.63, 3.8) is 0 Å². The molecule has 1 amide bonds.